The minimum atomic E-state index is -1.01. The van der Waals surface area contributed by atoms with Crippen molar-refractivity contribution in [2.75, 3.05) is 14.1 Å². The molecule has 0 N–H and O–H groups in total. The molecule has 0 aromatic heterocycles. The van der Waals surface area contributed by atoms with Crippen molar-refractivity contribution < 1.29 is 19.2 Å². The molecule has 0 bridgehead atoms. The highest BCUT2D eigenvalue weighted by Gasteiger charge is 2.44. The van der Waals surface area contributed by atoms with Gasteiger partial charge in [0.2, 0.25) is 11.8 Å². The molecule has 0 unspecified atom stereocenters. The molecule has 0 aromatic carbocycles. The van der Waals surface area contributed by atoms with Gasteiger partial charge >= 0.3 is 6.03 Å². The van der Waals surface area contributed by atoms with Crippen molar-refractivity contribution in [3.8, 4) is 0 Å². The Morgan fingerprint density at radius 2 is 1.56 bits per heavy atom. The van der Waals surface area contributed by atoms with Gasteiger partial charge in [-0.1, -0.05) is 0 Å². The van der Waals surface area contributed by atoms with Crippen LogP contribution in [0.5, 0.6) is 0 Å². The molecule has 18 heavy (non-hydrogen) atoms. The summed E-state index contributed by atoms with van der Waals surface area (Å²) in [5.74, 6) is -2.19. The number of carbonyl (C=O) groups is 4. The average Bonchev–Trinajstić information content (AvgIpc) is 2.34. The van der Waals surface area contributed by atoms with Crippen molar-refractivity contribution in [2.45, 2.75) is 19.3 Å². The van der Waals surface area contributed by atoms with E-state index < -0.39 is 23.8 Å². The summed E-state index contributed by atoms with van der Waals surface area (Å²) < 4.78 is 0. The summed E-state index contributed by atoms with van der Waals surface area (Å²) in [5, 5.41) is 0. The molecule has 0 radical (unpaired) electrons. The number of imide groups is 2. The largest absolute Gasteiger partial charge is 0.332 e. The van der Waals surface area contributed by atoms with E-state index in [-0.39, 0.29) is 5.78 Å². The zero-order valence-electron chi connectivity index (χ0n) is 10.3. The highest BCUT2D eigenvalue weighted by Crippen LogP contribution is 2.28. The second kappa shape index (κ2) is 4.36. The molecule has 1 aliphatic heterocycles. The van der Waals surface area contributed by atoms with Crippen LogP contribution in [0.15, 0.2) is 11.6 Å². The molecule has 4 amide bonds. The van der Waals surface area contributed by atoms with Crippen molar-refractivity contribution in [3.63, 3.8) is 0 Å². The predicted octanol–water partition coefficient (Wildman–Crippen LogP) is 0.332. The monoisotopic (exact) mass is 250 g/mol. The van der Waals surface area contributed by atoms with Gasteiger partial charge in [0.15, 0.2) is 5.78 Å². The Kier molecular flexibility index (Phi) is 3.02. The van der Waals surface area contributed by atoms with E-state index in [1.165, 1.54) is 20.2 Å². The minimum Gasteiger partial charge on any atom is -0.295 e. The topological polar surface area (TPSA) is 74.8 Å². The first-order chi connectivity index (χ1) is 8.43. The van der Waals surface area contributed by atoms with Crippen LogP contribution in [0, 0.1) is 5.92 Å². The fraction of sp³-hybridized carbons (Fsp3) is 0.500. The van der Waals surface area contributed by atoms with Crippen molar-refractivity contribution >= 4 is 23.6 Å². The van der Waals surface area contributed by atoms with Crippen molar-refractivity contribution in [1.82, 2.24) is 9.80 Å². The Bertz CT molecular complexity index is 456. The van der Waals surface area contributed by atoms with Gasteiger partial charge in [0.25, 0.3) is 0 Å². The van der Waals surface area contributed by atoms with Crippen LogP contribution in [0.2, 0.25) is 0 Å². The average molecular weight is 250 g/mol. The van der Waals surface area contributed by atoms with Crippen LogP contribution in [-0.4, -0.2) is 47.5 Å². The number of urea groups is 1. The molecule has 1 fully saturated rings. The Balaban J connectivity index is 2.37. The van der Waals surface area contributed by atoms with Gasteiger partial charge in [-0.3, -0.25) is 24.2 Å². The molecule has 6 heteroatoms. The lowest BCUT2D eigenvalue weighted by atomic mass is 9.86. The summed E-state index contributed by atoms with van der Waals surface area (Å²) in [6.45, 7) is 0. The summed E-state index contributed by atoms with van der Waals surface area (Å²) >= 11 is 0. The Morgan fingerprint density at radius 1 is 1.00 bits per heavy atom. The molecule has 0 atom stereocenters. The van der Waals surface area contributed by atoms with Gasteiger partial charge in [0, 0.05) is 20.5 Å². The maximum atomic E-state index is 12.0. The van der Waals surface area contributed by atoms with Gasteiger partial charge in [-0.2, -0.15) is 0 Å². The van der Waals surface area contributed by atoms with E-state index in [0.29, 0.717) is 24.8 Å². The summed E-state index contributed by atoms with van der Waals surface area (Å²) in [5.41, 5.74) is 0.521. The summed E-state index contributed by atoms with van der Waals surface area (Å²) in [6.07, 6.45) is 3.01. The Labute approximate surface area is 104 Å². The lowest BCUT2D eigenvalue weighted by Crippen LogP contribution is -2.57. The number of carbonyl (C=O) groups excluding carboxylic acids is 4. The zero-order chi connectivity index (χ0) is 13.4. The number of rotatable bonds is 1. The molecule has 1 saturated heterocycles. The lowest BCUT2D eigenvalue weighted by molar-refractivity contribution is -0.145. The van der Waals surface area contributed by atoms with E-state index >= 15 is 0 Å². The molecule has 0 saturated carbocycles. The molecule has 0 spiro atoms. The van der Waals surface area contributed by atoms with E-state index in [9.17, 15) is 19.2 Å². The maximum Gasteiger partial charge on any atom is 0.332 e. The molecular formula is C12H14N2O4. The van der Waals surface area contributed by atoms with Crippen molar-refractivity contribution in [1.29, 1.82) is 0 Å². The van der Waals surface area contributed by atoms with Crippen LogP contribution in [0.3, 0.4) is 0 Å². The molecule has 2 aliphatic rings. The van der Waals surface area contributed by atoms with Crippen LogP contribution >= 0.6 is 0 Å². The highest BCUT2D eigenvalue weighted by atomic mass is 16.2. The molecule has 0 aromatic rings. The quantitative estimate of drug-likeness (QED) is 0.629. The predicted molar refractivity (Wildman–Crippen MR) is 61.4 cm³/mol. The Morgan fingerprint density at radius 3 is 2.06 bits per heavy atom. The summed E-state index contributed by atoms with van der Waals surface area (Å²) in [4.78, 5) is 48.8. The van der Waals surface area contributed by atoms with Gasteiger partial charge in [-0.15, -0.1) is 0 Å². The van der Waals surface area contributed by atoms with Crippen LogP contribution in [-0.2, 0) is 14.4 Å². The third kappa shape index (κ3) is 1.83. The Hall–Kier alpha value is -1.98. The first-order valence-electron chi connectivity index (χ1n) is 5.76. The summed E-state index contributed by atoms with van der Waals surface area (Å²) in [6, 6.07) is -0.635. The number of barbiturate groups is 1. The second-order valence-corrected chi connectivity index (χ2v) is 4.55. The number of hydrogen-bond acceptors (Lipinski definition) is 4. The van der Waals surface area contributed by atoms with E-state index in [1.807, 2.05) is 0 Å². The van der Waals surface area contributed by atoms with E-state index in [4.69, 9.17) is 0 Å². The fourth-order valence-electron chi connectivity index (χ4n) is 2.27. The smallest absolute Gasteiger partial charge is 0.295 e. The van der Waals surface area contributed by atoms with Crippen LogP contribution in [0.4, 0.5) is 4.79 Å². The van der Waals surface area contributed by atoms with Gasteiger partial charge in [-0.25, -0.2) is 4.79 Å². The molecule has 96 valence electrons. The fourth-order valence-corrected chi connectivity index (χ4v) is 2.27. The minimum absolute atomic E-state index is 0.0703. The van der Waals surface area contributed by atoms with Gasteiger partial charge < -0.3 is 0 Å². The zero-order valence-corrected chi connectivity index (χ0v) is 10.3. The van der Waals surface area contributed by atoms with Gasteiger partial charge in [-0.05, 0) is 24.5 Å². The highest BCUT2D eigenvalue weighted by molar-refractivity contribution is 6.17. The molecule has 1 heterocycles. The van der Waals surface area contributed by atoms with E-state index in [0.717, 1.165) is 9.80 Å². The maximum absolute atomic E-state index is 12.0. The van der Waals surface area contributed by atoms with Crippen molar-refractivity contribution in [2.24, 2.45) is 5.92 Å². The SMILES string of the molecule is CN1C(=O)C(C2=CC(=O)CCC2)C(=O)N(C)C1=O. The molecule has 2 rings (SSSR count). The van der Waals surface area contributed by atoms with E-state index in [2.05, 4.69) is 0 Å². The number of hydrogen-bond donors (Lipinski definition) is 0. The van der Waals surface area contributed by atoms with Gasteiger partial charge in [0.1, 0.15) is 5.92 Å². The number of ketones is 1. The number of allylic oxidation sites excluding steroid dienone is 1. The van der Waals surface area contributed by atoms with Crippen LogP contribution < -0.4 is 0 Å². The third-order valence-electron chi connectivity index (χ3n) is 3.33. The third-order valence-corrected chi connectivity index (χ3v) is 3.33. The molecular weight excluding hydrogens is 236 g/mol. The van der Waals surface area contributed by atoms with Crippen LogP contribution in [0.25, 0.3) is 0 Å². The summed E-state index contributed by atoms with van der Waals surface area (Å²) in [7, 11) is 2.68. The van der Waals surface area contributed by atoms with Gasteiger partial charge in [0.05, 0.1) is 0 Å². The number of amides is 4. The number of nitrogens with zero attached hydrogens (tertiary/aromatic N) is 2. The normalized spacial score (nSPS) is 22.7. The molecule has 1 aliphatic carbocycles. The lowest BCUT2D eigenvalue weighted by Gasteiger charge is -2.34. The first kappa shape index (κ1) is 12.5. The van der Waals surface area contributed by atoms with Crippen molar-refractivity contribution in [3.05, 3.63) is 11.6 Å². The second-order valence-electron chi connectivity index (χ2n) is 4.55. The molecule has 6 nitrogen and oxygen atoms in total. The first-order valence-corrected chi connectivity index (χ1v) is 5.76. The standard InChI is InChI=1S/C12H14N2O4/c1-13-10(16)9(11(17)14(2)12(13)18)7-4-3-5-8(15)6-7/h6,9H,3-5H2,1-2H3. The van der Waals surface area contributed by atoms with Crippen LogP contribution in [0.1, 0.15) is 19.3 Å². The van der Waals surface area contributed by atoms with E-state index in [1.54, 1.807) is 0 Å².